The van der Waals surface area contributed by atoms with Crippen molar-refractivity contribution in [1.82, 2.24) is 5.32 Å². The summed E-state index contributed by atoms with van der Waals surface area (Å²) in [6.45, 7) is 4.63. The zero-order valence-corrected chi connectivity index (χ0v) is 11.6. The van der Waals surface area contributed by atoms with Crippen LogP contribution in [0.25, 0.3) is 0 Å². The molecule has 1 amide bonds. The molecule has 0 aliphatic heterocycles. The summed E-state index contributed by atoms with van der Waals surface area (Å²) in [4.78, 5) is 11.9. The molecule has 0 radical (unpaired) electrons. The molecule has 1 rings (SSSR count). The molecule has 1 unspecified atom stereocenters. The highest BCUT2D eigenvalue weighted by atomic mass is 16.2. The summed E-state index contributed by atoms with van der Waals surface area (Å²) in [7, 11) is 0. The number of hydrogen-bond donors (Lipinski definition) is 2. The lowest BCUT2D eigenvalue weighted by Gasteiger charge is -2.16. The van der Waals surface area contributed by atoms with Gasteiger partial charge in [0.2, 0.25) is 5.91 Å². The number of hydrogen-bond acceptors (Lipinski definition) is 3. The number of nitriles is 1. The predicted octanol–water partition coefficient (Wildman–Crippen LogP) is 2.67. The Kier molecular flexibility index (Phi) is 6.45. The average molecular weight is 259 g/mol. The van der Waals surface area contributed by atoms with E-state index in [1.807, 2.05) is 6.07 Å². The maximum atomic E-state index is 11.9. The molecule has 1 aromatic carbocycles. The van der Waals surface area contributed by atoms with Gasteiger partial charge in [-0.15, -0.1) is 0 Å². The van der Waals surface area contributed by atoms with Gasteiger partial charge in [0.05, 0.1) is 11.3 Å². The van der Waals surface area contributed by atoms with Crippen molar-refractivity contribution in [2.45, 2.75) is 39.2 Å². The molecule has 0 aliphatic rings. The summed E-state index contributed by atoms with van der Waals surface area (Å²) in [5.41, 5.74) is 1.24. The van der Waals surface area contributed by atoms with E-state index in [-0.39, 0.29) is 11.9 Å². The van der Waals surface area contributed by atoms with E-state index in [1.54, 1.807) is 25.1 Å². The number of carbonyl (C=O) groups excluding carboxylic acids is 1. The van der Waals surface area contributed by atoms with Crippen LogP contribution in [0.5, 0.6) is 0 Å². The number of carbonyl (C=O) groups is 1. The Bertz CT molecular complexity index is 451. The van der Waals surface area contributed by atoms with E-state index in [9.17, 15) is 4.79 Å². The molecule has 4 heteroatoms. The lowest BCUT2D eigenvalue weighted by atomic mass is 10.1. The van der Waals surface area contributed by atoms with Crippen LogP contribution in [0.15, 0.2) is 24.3 Å². The predicted molar refractivity (Wildman–Crippen MR) is 76.8 cm³/mol. The summed E-state index contributed by atoms with van der Waals surface area (Å²) in [6.07, 6.45) is 3.27. The second kappa shape index (κ2) is 8.15. The van der Waals surface area contributed by atoms with Crippen LogP contribution >= 0.6 is 0 Å². The highest BCUT2D eigenvalue weighted by Gasteiger charge is 2.13. The summed E-state index contributed by atoms with van der Waals surface area (Å²) in [5, 5.41) is 14.9. The highest BCUT2D eigenvalue weighted by Crippen LogP contribution is 2.14. The second-order valence-corrected chi connectivity index (χ2v) is 4.52. The third kappa shape index (κ3) is 5.01. The smallest absolute Gasteiger partial charge is 0.242 e. The van der Waals surface area contributed by atoms with E-state index < -0.39 is 0 Å². The van der Waals surface area contributed by atoms with Crippen molar-refractivity contribution in [3.8, 4) is 6.07 Å². The molecular formula is C15H21N3O. The van der Waals surface area contributed by atoms with Crippen LogP contribution in [-0.2, 0) is 4.79 Å². The number of amides is 1. The minimum atomic E-state index is -0.351. The number of unbranched alkanes of at least 4 members (excludes halogenated alkanes) is 2. The third-order valence-corrected chi connectivity index (χ3v) is 2.89. The van der Waals surface area contributed by atoms with Gasteiger partial charge in [-0.25, -0.2) is 0 Å². The van der Waals surface area contributed by atoms with Gasteiger partial charge in [0, 0.05) is 6.54 Å². The number of rotatable bonds is 7. The van der Waals surface area contributed by atoms with E-state index in [0.29, 0.717) is 17.8 Å². The first-order chi connectivity index (χ1) is 9.19. The molecule has 0 fully saturated rings. The molecule has 0 heterocycles. The molecule has 1 atom stereocenters. The zero-order chi connectivity index (χ0) is 14.1. The fraction of sp³-hybridized carbons (Fsp3) is 0.467. The van der Waals surface area contributed by atoms with Gasteiger partial charge < -0.3 is 10.6 Å². The van der Waals surface area contributed by atoms with E-state index in [2.05, 4.69) is 23.6 Å². The molecule has 0 bridgehead atoms. The second-order valence-electron chi connectivity index (χ2n) is 4.52. The molecule has 4 nitrogen and oxygen atoms in total. The maximum Gasteiger partial charge on any atom is 0.242 e. The minimum Gasteiger partial charge on any atom is -0.373 e. The molecule has 0 saturated carbocycles. The van der Waals surface area contributed by atoms with Gasteiger partial charge in [-0.05, 0) is 25.5 Å². The minimum absolute atomic E-state index is 0.0381. The largest absolute Gasteiger partial charge is 0.373 e. The topological polar surface area (TPSA) is 64.9 Å². The Labute approximate surface area is 114 Å². The molecule has 0 spiro atoms. The Morgan fingerprint density at radius 1 is 1.37 bits per heavy atom. The SMILES string of the molecule is CCCCCNC(=O)C(C)Nc1ccccc1C#N. The molecule has 0 aromatic heterocycles. The van der Waals surface area contributed by atoms with Crippen LogP contribution in [0, 0.1) is 11.3 Å². The lowest BCUT2D eigenvalue weighted by molar-refractivity contribution is -0.121. The van der Waals surface area contributed by atoms with Crippen LogP contribution in [0.3, 0.4) is 0 Å². The monoisotopic (exact) mass is 259 g/mol. The van der Waals surface area contributed by atoms with E-state index in [0.717, 1.165) is 19.3 Å². The van der Waals surface area contributed by atoms with Crippen molar-refractivity contribution in [1.29, 1.82) is 5.26 Å². The molecule has 0 aliphatic carbocycles. The average Bonchev–Trinajstić information content (AvgIpc) is 2.44. The molecular weight excluding hydrogens is 238 g/mol. The first-order valence-corrected chi connectivity index (χ1v) is 6.72. The Hall–Kier alpha value is -2.02. The van der Waals surface area contributed by atoms with Gasteiger partial charge in [-0.3, -0.25) is 4.79 Å². The van der Waals surface area contributed by atoms with Crippen LogP contribution < -0.4 is 10.6 Å². The quantitative estimate of drug-likeness (QED) is 0.740. The number of nitrogens with zero attached hydrogens (tertiary/aromatic N) is 1. The van der Waals surface area contributed by atoms with Gasteiger partial charge in [-0.1, -0.05) is 31.9 Å². The number of benzene rings is 1. The first kappa shape index (κ1) is 15.0. The molecule has 102 valence electrons. The Morgan fingerprint density at radius 2 is 2.11 bits per heavy atom. The van der Waals surface area contributed by atoms with Crippen LogP contribution in [-0.4, -0.2) is 18.5 Å². The van der Waals surface area contributed by atoms with E-state index in [1.165, 1.54) is 0 Å². The summed E-state index contributed by atoms with van der Waals surface area (Å²) in [6, 6.07) is 8.94. The molecule has 1 aromatic rings. The van der Waals surface area contributed by atoms with Crippen LogP contribution in [0.4, 0.5) is 5.69 Å². The molecule has 19 heavy (non-hydrogen) atoms. The van der Waals surface area contributed by atoms with Crippen molar-refractivity contribution in [2.75, 3.05) is 11.9 Å². The van der Waals surface area contributed by atoms with Crippen molar-refractivity contribution >= 4 is 11.6 Å². The van der Waals surface area contributed by atoms with Crippen LogP contribution in [0.2, 0.25) is 0 Å². The first-order valence-electron chi connectivity index (χ1n) is 6.72. The summed E-state index contributed by atoms with van der Waals surface area (Å²) >= 11 is 0. The normalized spacial score (nSPS) is 11.4. The van der Waals surface area contributed by atoms with Gasteiger partial charge in [0.1, 0.15) is 12.1 Å². The molecule has 2 N–H and O–H groups in total. The van der Waals surface area contributed by atoms with Crippen LogP contribution in [0.1, 0.15) is 38.7 Å². The fourth-order valence-electron chi connectivity index (χ4n) is 1.74. The fourth-order valence-corrected chi connectivity index (χ4v) is 1.74. The van der Waals surface area contributed by atoms with Crippen molar-refractivity contribution in [3.63, 3.8) is 0 Å². The Balaban J connectivity index is 2.48. The molecule has 0 saturated heterocycles. The zero-order valence-electron chi connectivity index (χ0n) is 11.6. The number of anilines is 1. The summed E-state index contributed by atoms with van der Waals surface area (Å²) < 4.78 is 0. The van der Waals surface area contributed by atoms with Gasteiger partial charge in [-0.2, -0.15) is 5.26 Å². The van der Waals surface area contributed by atoms with Gasteiger partial charge in [0.15, 0.2) is 0 Å². The maximum absolute atomic E-state index is 11.9. The lowest BCUT2D eigenvalue weighted by Crippen LogP contribution is -2.38. The van der Waals surface area contributed by atoms with Crippen molar-refractivity contribution in [3.05, 3.63) is 29.8 Å². The Morgan fingerprint density at radius 3 is 2.79 bits per heavy atom. The van der Waals surface area contributed by atoms with Gasteiger partial charge >= 0.3 is 0 Å². The highest BCUT2D eigenvalue weighted by molar-refractivity contribution is 5.84. The standard InChI is InChI=1S/C15H21N3O/c1-3-4-7-10-17-15(19)12(2)18-14-9-6-5-8-13(14)11-16/h5-6,8-9,12,18H,3-4,7,10H2,1-2H3,(H,17,19). The number of para-hydroxylation sites is 1. The van der Waals surface area contributed by atoms with Crippen molar-refractivity contribution < 1.29 is 4.79 Å². The number of nitrogens with one attached hydrogen (secondary N) is 2. The third-order valence-electron chi connectivity index (χ3n) is 2.89. The van der Waals surface area contributed by atoms with E-state index in [4.69, 9.17) is 5.26 Å². The van der Waals surface area contributed by atoms with Crippen molar-refractivity contribution in [2.24, 2.45) is 0 Å². The van der Waals surface area contributed by atoms with E-state index >= 15 is 0 Å². The summed E-state index contributed by atoms with van der Waals surface area (Å²) in [5.74, 6) is -0.0381. The van der Waals surface area contributed by atoms with Gasteiger partial charge in [0.25, 0.3) is 0 Å².